The third-order valence-electron chi connectivity index (χ3n) is 8.04. The van der Waals surface area contributed by atoms with Crippen molar-refractivity contribution in [2.45, 2.75) is 32.4 Å². The molecule has 2 aliphatic rings. The highest BCUT2D eigenvalue weighted by atomic mass is 28.3. The first kappa shape index (κ1) is 23.6. The molecule has 0 unspecified atom stereocenters. The lowest BCUT2D eigenvalue weighted by atomic mass is 9.75. The fourth-order valence-electron chi connectivity index (χ4n) is 5.95. The molecule has 0 atom stereocenters. The van der Waals surface area contributed by atoms with Crippen LogP contribution in [0.4, 0.5) is 17.3 Å². The Labute approximate surface area is 228 Å². The van der Waals surface area contributed by atoms with Crippen molar-refractivity contribution in [3.05, 3.63) is 109 Å². The molecule has 0 radical (unpaired) electrons. The normalized spacial score (nSPS) is 15.5. The number of hydrogen-bond acceptors (Lipinski definition) is 6. The van der Waals surface area contributed by atoms with E-state index >= 15 is 0 Å². The van der Waals surface area contributed by atoms with Crippen molar-refractivity contribution in [1.29, 1.82) is 0 Å². The number of hydrogen-bond donors (Lipinski definition) is 0. The van der Waals surface area contributed by atoms with Crippen LogP contribution >= 0.6 is 0 Å². The molecule has 0 N–H and O–H groups in total. The van der Waals surface area contributed by atoms with Gasteiger partial charge in [0, 0.05) is 16.5 Å². The maximum Gasteiger partial charge on any atom is 0.237 e. The number of aromatic nitrogens is 3. The summed E-state index contributed by atoms with van der Waals surface area (Å²) in [5.41, 5.74) is 3.71. The predicted molar refractivity (Wildman–Crippen MR) is 156 cm³/mol. The Bertz CT molecular complexity index is 1630. The van der Waals surface area contributed by atoms with E-state index in [1.165, 1.54) is 23.0 Å². The standard InChI is InChI=1S/C32H28N4O2Si/c1-32(2)21-11-5-6-15-25(21)37-29-22(32)12-9-13-23(29)36(31-34-19-33-20-35-31)24-14-10-18-28-30(24)38-26-16-7-8-17-27(26)39(28,3)4/h5-20H,1-4H3. The van der Waals surface area contributed by atoms with E-state index in [4.69, 9.17) is 9.47 Å². The molecule has 3 heterocycles. The summed E-state index contributed by atoms with van der Waals surface area (Å²) in [7, 11) is -2.05. The average molecular weight is 529 g/mol. The van der Waals surface area contributed by atoms with Crippen LogP contribution in [-0.4, -0.2) is 23.0 Å². The average Bonchev–Trinajstić information content (AvgIpc) is 2.95. The highest BCUT2D eigenvalue weighted by Crippen LogP contribution is 2.54. The summed E-state index contributed by atoms with van der Waals surface area (Å²) in [5, 5.41) is 2.52. The van der Waals surface area contributed by atoms with Gasteiger partial charge in [-0.25, -0.2) is 15.0 Å². The Morgan fingerprint density at radius 2 is 1.23 bits per heavy atom. The van der Waals surface area contributed by atoms with Gasteiger partial charge in [0.25, 0.3) is 0 Å². The van der Waals surface area contributed by atoms with Crippen LogP contribution in [0.1, 0.15) is 25.0 Å². The topological polar surface area (TPSA) is 60.4 Å². The van der Waals surface area contributed by atoms with E-state index in [-0.39, 0.29) is 5.41 Å². The van der Waals surface area contributed by atoms with Crippen molar-refractivity contribution in [3.63, 3.8) is 0 Å². The van der Waals surface area contributed by atoms with Crippen LogP contribution in [-0.2, 0) is 5.41 Å². The molecule has 1 aromatic heterocycles. The number of ether oxygens (including phenoxy) is 2. The number of para-hydroxylation sites is 4. The highest BCUT2D eigenvalue weighted by molar-refractivity contribution is 7.01. The number of anilines is 3. The van der Waals surface area contributed by atoms with E-state index in [2.05, 4.69) is 109 Å². The molecule has 0 amide bonds. The zero-order valence-corrected chi connectivity index (χ0v) is 23.3. The lowest BCUT2D eigenvalue weighted by Gasteiger charge is -2.38. The van der Waals surface area contributed by atoms with Crippen molar-refractivity contribution in [1.82, 2.24) is 15.0 Å². The second kappa shape index (κ2) is 8.51. The van der Waals surface area contributed by atoms with E-state index in [1.807, 2.05) is 23.1 Å². The van der Waals surface area contributed by atoms with E-state index in [1.54, 1.807) is 0 Å². The van der Waals surface area contributed by atoms with Crippen LogP contribution in [0.15, 0.2) is 97.6 Å². The van der Waals surface area contributed by atoms with Crippen LogP contribution in [0, 0.1) is 0 Å². The molecular formula is C32H28N4O2Si. The Morgan fingerprint density at radius 1 is 0.641 bits per heavy atom. The number of nitrogens with zero attached hydrogens (tertiary/aromatic N) is 4. The van der Waals surface area contributed by atoms with E-state index < -0.39 is 8.07 Å². The Morgan fingerprint density at radius 3 is 2.03 bits per heavy atom. The minimum atomic E-state index is -2.05. The third kappa shape index (κ3) is 3.50. The highest BCUT2D eigenvalue weighted by Gasteiger charge is 2.40. The van der Waals surface area contributed by atoms with Gasteiger partial charge < -0.3 is 9.47 Å². The van der Waals surface area contributed by atoms with E-state index in [0.29, 0.717) is 5.95 Å². The number of rotatable bonds is 3. The van der Waals surface area contributed by atoms with Gasteiger partial charge in [-0.05, 0) is 34.6 Å². The zero-order chi connectivity index (χ0) is 26.8. The molecular weight excluding hydrogens is 500 g/mol. The molecule has 6 nitrogen and oxygen atoms in total. The fraction of sp³-hybridized carbons (Fsp3) is 0.156. The van der Waals surface area contributed by atoms with Crippen LogP contribution < -0.4 is 24.7 Å². The molecule has 7 rings (SSSR count). The minimum absolute atomic E-state index is 0.259. The molecule has 2 aliphatic heterocycles. The smallest absolute Gasteiger partial charge is 0.237 e. The summed E-state index contributed by atoms with van der Waals surface area (Å²) in [5.74, 6) is 3.88. The van der Waals surface area contributed by atoms with Gasteiger partial charge in [-0.3, -0.25) is 4.90 Å². The molecule has 39 heavy (non-hydrogen) atoms. The second-order valence-corrected chi connectivity index (χ2v) is 15.4. The number of benzene rings is 4. The Balaban J connectivity index is 1.48. The fourth-order valence-corrected chi connectivity index (χ4v) is 8.76. The molecule has 0 spiro atoms. The van der Waals surface area contributed by atoms with Gasteiger partial charge in [0.15, 0.2) is 11.5 Å². The maximum atomic E-state index is 6.69. The summed E-state index contributed by atoms with van der Waals surface area (Å²) in [4.78, 5) is 15.3. The molecule has 0 saturated carbocycles. The SMILES string of the molecule is CC1(C)c2ccccc2Oc2c(N(c3ncncn3)c3cccc4c3Oc3ccccc3[Si]4(C)C)cccc21. The van der Waals surface area contributed by atoms with E-state index in [9.17, 15) is 0 Å². The molecule has 5 aromatic rings. The van der Waals surface area contributed by atoms with Crippen molar-refractivity contribution in [2.24, 2.45) is 0 Å². The summed E-state index contributed by atoms with van der Waals surface area (Å²) in [6.07, 6.45) is 3.05. The molecule has 7 heteroatoms. The van der Waals surface area contributed by atoms with E-state index in [0.717, 1.165) is 45.5 Å². The third-order valence-corrected chi connectivity index (χ3v) is 11.5. The van der Waals surface area contributed by atoms with Gasteiger partial charge in [-0.1, -0.05) is 87.6 Å². The first-order valence-corrected chi connectivity index (χ1v) is 16.1. The first-order chi connectivity index (χ1) is 18.9. The molecule has 192 valence electrons. The Kier molecular flexibility index (Phi) is 5.15. The summed E-state index contributed by atoms with van der Waals surface area (Å²) >= 11 is 0. The van der Waals surface area contributed by atoms with Gasteiger partial charge in [0.2, 0.25) is 5.95 Å². The molecule has 0 fully saturated rings. The molecule has 0 aliphatic carbocycles. The molecule has 0 saturated heterocycles. The van der Waals surface area contributed by atoms with Crippen molar-refractivity contribution >= 4 is 35.8 Å². The van der Waals surface area contributed by atoms with Gasteiger partial charge in [-0.2, -0.15) is 0 Å². The monoisotopic (exact) mass is 528 g/mol. The number of fused-ring (bicyclic) bond motifs is 4. The van der Waals surface area contributed by atoms with Gasteiger partial charge >= 0.3 is 0 Å². The summed E-state index contributed by atoms with van der Waals surface area (Å²) < 4.78 is 13.4. The maximum absolute atomic E-state index is 6.69. The van der Waals surface area contributed by atoms with Crippen LogP contribution in [0.5, 0.6) is 23.0 Å². The summed E-state index contributed by atoms with van der Waals surface area (Å²) in [6, 6.07) is 29.3. The van der Waals surface area contributed by atoms with Crippen molar-refractivity contribution < 1.29 is 9.47 Å². The quantitative estimate of drug-likeness (QED) is 0.243. The zero-order valence-electron chi connectivity index (χ0n) is 22.3. The van der Waals surface area contributed by atoms with Gasteiger partial charge in [0.1, 0.15) is 32.2 Å². The lowest BCUT2D eigenvalue weighted by molar-refractivity contribution is 0.419. The van der Waals surface area contributed by atoms with Crippen molar-refractivity contribution in [2.75, 3.05) is 4.90 Å². The largest absolute Gasteiger partial charge is 0.455 e. The predicted octanol–water partition coefficient (Wildman–Crippen LogP) is 6.70. The van der Waals surface area contributed by atoms with Crippen LogP contribution in [0.25, 0.3) is 0 Å². The van der Waals surface area contributed by atoms with Crippen LogP contribution in [0.3, 0.4) is 0 Å². The first-order valence-electron chi connectivity index (χ1n) is 13.1. The minimum Gasteiger partial charge on any atom is -0.455 e. The molecule has 0 bridgehead atoms. The molecule has 4 aromatic carbocycles. The summed E-state index contributed by atoms with van der Waals surface area (Å²) in [6.45, 7) is 9.22. The van der Waals surface area contributed by atoms with Gasteiger partial charge in [0.05, 0.1) is 11.4 Å². The van der Waals surface area contributed by atoms with Crippen molar-refractivity contribution in [3.8, 4) is 23.0 Å². The van der Waals surface area contributed by atoms with Crippen LogP contribution in [0.2, 0.25) is 13.1 Å². The Hall–Kier alpha value is -4.49. The second-order valence-electron chi connectivity index (χ2n) is 11.0. The lowest BCUT2D eigenvalue weighted by Crippen LogP contribution is -2.56. The van der Waals surface area contributed by atoms with Gasteiger partial charge in [-0.15, -0.1) is 0 Å².